The predicted octanol–water partition coefficient (Wildman–Crippen LogP) is 0.569. The van der Waals surface area contributed by atoms with E-state index in [9.17, 15) is 9.59 Å². The van der Waals surface area contributed by atoms with Crippen LogP contribution in [0.5, 0.6) is 0 Å². The maximum Gasteiger partial charge on any atom is 0.257 e. The zero-order valence-corrected chi connectivity index (χ0v) is 6.23. The zero-order valence-electron chi connectivity index (χ0n) is 6.23. The van der Waals surface area contributed by atoms with Gasteiger partial charge in [0.05, 0.1) is 0 Å². The van der Waals surface area contributed by atoms with E-state index in [1.165, 1.54) is 12.2 Å². The first-order valence-corrected chi connectivity index (χ1v) is 3.57. The Labute approximate surface area is 69.7 Å². The number of rotatable bonds is 1. The van der Waals surface area contributed by atoms with Crippen molar-refractivity contribution < 1.29 is 9.59 Å². The minimum absolute atomic E-state index is 0.272. The van der Waals surface area contributed by atoms with Crippen LogP contribution in [-0.2, 0) is 9.59 Å². The second kappa shape index (κ2) is 2.44. The van der Waals surface area contributed by atoms with E-state index in [1.807, 2.05) is 0 Å². The number of carbonyl (C=O) groups excluding carboxylic acids is 2. The van der Waals surface area contributed by atoms with E-state index in [0.29, 0.717) is 5.70 Å². The molecule has 1 radical (unpaired) electrons. The van der Waals surface area contributed by atoms with Crippen LogP contribution in [0.3, 0.4) is 0 Å². The normalized spacial score (nSPS) is 21.0. The fraction of sp³-hybridized carbons (Fsp3) is 0. The number of allylic oxidation sites excluding steroid dienone is 3. The smallest absolute Gasteiger partial charge is 0.257 e. The molecule has 0 saturated carbocycles. The molecule has 0 aromatic carbocycles. The molecule has 0 unspecified atom stereocenters. The second-order valence-corrected chi connectivity index (χ2v) is 2.49. The first-order chi connectivity index (χ1) is 5.79. The average Bonchev–Trinajstić information content (AvgIpc) is 2.61. The third-order valence-corrected chi connectivity index (χ3v) is 1.71. The summed E-state index contributed by atoms with van der Waals surface area (Å²) < 4.78 is 0. The number of amides is 2. The number of nitrogens with zero attached hydrogens (tertiary/aromatic N) is 1. The van der Waals surface area contributed by atoms with Gasteiger partial charge in [-0.3, -0.25) is 9.59 Å². The van der Waals surface area contributed by atoms with Gasteiger partial charge in [0.2, 0.25) is 0 Å². The molecule has 0 aromatic heterocycles. The van der Waals surface area contributed by atoms with Crippen molar-refractivity contribution in [1.82, 2.24) is 4.90 Å². The van der Waals surface area contributed by atoms with Crippen LogP contribution < -0.4 is 0 Å². The van der Waals surface area contributed by atoms with Gasteiger partial charge in [-0.05, 0) is 6.08 Å². The first-order valence-electron chi connectivity index (χ1n) is 3.57. The molecule has 1 heterocycles. The van der Waals surface area contributed by atoms with Gasteiger partial charge in [-0.15, -0.1) is 0 Å². The fourth-order valence-corrected chi connectivity index (χ4v) is 1.17. The highest BCUT2D eigenvalue weighted by molar-refractivity contribution is 6.14. The van der Waals surface area contributed by atoms with Gasteiger partial charge in [0.15, 0.2) is 0 Å². The van der Waals surface area contributed by atoms with Crippen LogP contribution in [0.4, 0.5) is 0 Å². The molecular formula is C9H6NO2. The standard InChI is InChI=1S/C9H6NO2/c11-8-5-6-9(12)10(8)7-3-1-2-4-7/h1-6H. The summed E-state index contributed by atoms with van der Waals surface area (Å²) in [4.78, 5) is 23.3. The molecule has 1 aliphatic heterocycles. The third-order valence-electron chi connectivity index (χ3n) is 1.71. The van der Waals surface area contributed by atoms with E-state index < -0.39 is 0 Å². The SMILES string of the molecule is O=C1C=CC(=O)N1C1=CC=C[CH]1. The Morgan fingerprint density at radius 3 is 2.17 bits per heavy atom. The molecule has 0 bridgehead atoms. The Kier molecular flexibility index (Phi) is 1.43. The summed E-state index contributed by atoms with van der Waals surface area (Å²) in [5.74, 6) is -0.544. The van der Waals surface area contributed by atoms with E-state index in [-0.39, 0.29) is 11.8 Å². The van der Waals surface area contributed by atoms with E-state index in [2.05, 4.69) is 0 Å². The molecule has 0 fully saturated rings. The van der Waals surface area contributed by atoms with Gasteiger partial charge in [0.25, 0.3) is 11.8 Å². The van der Waals surface area contributed by atoms with Crippen molar-refractivity contribution in [3.05, 3.63) is 42.5 Å². The number of hydrogen-bond acceptors (Lipinski definition) is 2. The Balaban J connectivity index is 2.25. The largest absolute Gasteiger partial charge is 0.269 e. The summed E-state index contributed by atoms with van der Waals surface area (Å²) in [6.45, 7) is 0. The molecule has 2 rings (SSSR count). The van der Waals surface area contributed by atoms with Gasteiger partial charge in [-0.25, -0.2) is 4.90 Å². The lowest BCUT2D eigenvalue weighted by atomic mass is 10.3. The third kappa shape index (κ3) is 0.906. The Morgan fingerprint density at radius 1 is 1.00 bits per heavy atom. The highest BCUT2D eigenvalue weighted by atomic mass is 16.2. The molecule has 2 amide bonds. The van der Waals surface area contributed by atoms with Gasteiger partial charge >= 0.3 is 0 Å². The molecule has 12 heavy (non-hydrogen) atoms. The summed E-state index contributed by atoms with van der Waals surface area (Å²) >= 11 is 0. The molecule has 0 saturated heterocycles. The highest BCUT2D eigenvalue weighted by Crippen LogP contribution is 2.18. The summed E-state index contributed by atoms with van der Waals surface area (Å²) in [5.41, 5.74) is 0.634. The summed E-state index contributed by atoms with van der Waals surface area (Å²) in [6, 6.07) is 0. The number of carbonyl (C=O) groups is 2. The highest BCUT2D eigenvalue weighted by Gasteiger charge is 2.26. The van der Waals surface area contributed by atoms with Crippen molar-refractivity contribution in [3.63, 3.8) is 0 Å². The van der Waals surface area contributed by atoms with Crippen molar-refractivity contribution in [2.24, 2.45) is 0 Å². The topological polar surface area (TPSA) is 37.4 Å². The molecular weight excluding hydrogens is 154 g/mol. The maximum absolute atomic E-state index is 11.1. The molecule has 2 aliphatic rings. The Hall–Kier alpha value is -1.64. The van der Waals surface area contributed by atoms with Crippen LogP contribution in [0.1, 0.15) is 0 Å². The molecule has 1 aliphatic carbocycles. The lowest BCUT2D eigenvalue weighted by Crippen LogP contribution is -2.28. The number of imide groups is 1. The van der Waals surface area contributed by atoms with Gasteiger partial charge in [0.1, 0.15) is 0 Å². The minimum atomic E-state index is -0.272. The van der Waals surface area contributed by atoms with E-state index in [4.69, 9.17) is 0 Å². The van der Waals surface area contributed by atoms with Crippen molar-refractivity contribution in [3.8, 4) is 0 Å². The summed E-state index contributed by atoms with van der Waals surface area (Å²) in [6.07, 6.45) is 9.57. The predicted molar refractivity (Wildman–Crippen MR) is 42.5 cm³/mol. The molecule has 3 nitrogen and oxygen atoms in total. The van der Waals surface area contributed by atoms with Crippen LogP contribution in [0.2, 0.25) is 0 Å². The van der Waals surface area contributed by atoms with Crippen molar-refractivity contribution in [1.29, 1.82) is 0 Å². The Bertz CT molecular complexity index is 318. The molecule has 0 atom stereocenters. The molecule has 0 N–H and O–H groups in total. The van der Waals surface area contributed by atoms with Gasteiger partial charge in [0, 0.05) is 24.3 Å². The lowest BCUT2D eigenvalue weighted by molar-refractivity contribution is -0.134. The Morgan fingerprint density at radius 2 is 1.67 bits per heavy atom. The summed E-state index contributed by atoms with van der Waals surface area (Å²) in [5, 5.41) is 0. The fourth-order valence-electron chi connectivity index (χ4n) is 1.17. The zero-order chi connectivity index (χ0) is 8.55. The van der Waals surface area contributed by atoms with Gasteiger partial charge in [-0.2, -0.15) is 0 Å². The number of hydrogen-bond donors (Lipinski definition) is 0. The van der Waals surface area contributed by atoms with Gasteiger partial charge < -0.3 is 0 Å². The van der Waals surface area contributed by atoms with Crippen LogP contribution in [0, 0.1) is 6.42 Å². The minimum Gasteiger partial charge on any atom is -0.269 e. The van der Waals surface area contributed by atoms with E-state index >= 15 is 0 Å². The molecule has 0 aromatic rings. The molecule has 0 spiro atoms. The van der Waals surface area contributed by atoms with Crippen molar-refractivity contribution in [2.75, 3.05) is 0 Å². The maximum atomic E-state index is 11.1. The first kappa shape index (κ1) is 7.03. The quantitative estimate of drug-likeness (QED) is 0.526. The van der Waals surface area contributed by atoms with Crippen molar-refractivity contribution in [2.45, 2.75) is 0 Å². The van der Waals surface area contributed by atoms with Gasteiger partial charge in [-0.1, -0.05) is 12.2 Å². The molecule has 3 heteroatoms. The second-order valence-electron chi connectivity index (χ2n) is 2.49. The van der Waals surface area contributed by atoms with Crippen LogP contribution in [-0.4, -0.2) is 16.7 Å². The average molecular weight is 160 g/mol. The van der Waals surface area contributed by atoms with E-state index in [0.717, 1.165) is 4.90 Å². The van der Waals surface area contributed by atoms with Crippen molar-refractivity contribution >= 4 is 11.8 Å². The van der Waals surface area contributed by atoms with Crippen LogP contribution in [0.25, 0.3) is 0 Å². The van der Waals surface area contributed by atoms with E-state index in [1.54, 1.807) is 24.6 Å². The monoisotopic (exact) mass is 160 g/mol. The van der Waals surface area contributed by atoms with Crippen LogP contribution >= 0.6 is 0 Å². The molecule has 59 valence electrons. The lowest BCUT2D eigenvalue weighted by Gasteiger charge is -2.13. The summed E-state index contributed by atoms with van der Waals surface area (Å²) in [7, 11) is 0. The van der Waals surface area contributed by atoms with Crippen LogP contribution in [0.15, 0.2) is 36.1 Å².